The quantitative estimate of drug-likeness (QED) is 0.151. The predicted molar refractivity (Wildman–Crippen MR) is 289 cm³/mol. The molecule has 67 heavy (non-hydrogen) atoms. The van der Waals surface area contributed by atoms with Crippen LogP contribution in [0.1, 0.15) is 0 Å². The van der Waals surface area contributed by atoms with E-state index in [0.29, 0.717) is 0 Å². The van der Waals surface area contributed by atoms with E-state index in [2.05, 4.69) is 252 Å². The van der Waals surface area contributed by atoms with Gasteiger partial charge in [0.2, 0.25) is 0 Å². The average Bonchev–Trinajstić information content (AvgIpc) is 3.96. The number of aromatic nitrogens is 1. The fourth-order valence-electron chi connectivity index (χ4n) is 11.0. The van der Waals surface area contributed by atoms with Gasteiger partial charge in [-0.25, -0.2) is 0 Å². The van der Waals surface area contributed by atoms with Gasteiger partial charge in [0.05, 0.1) is 28.1 Å². The van der Waals surface area contributed by atoms with Gasteiger partial charge in [0.1, 0.15) is 0 Å². The van der Waals surface area contributed by atoms with E-state index in [9.17, 15) is 0 Å². The monoisotopic (exact) mass is 868 g/mol. The van der Waals surface area contributed by atoms with Crippen LogP contribution in [0.3, 0.4) is 0 Å². The second-order valence-corrected chi connectivity index (χ2v) is 18.6. The molecule has 312 valence electrons. The minimum absolute atomic E-state index is 1.10. The predicted octanol–water partition coefficient (Wildman–Crippen LogP) is 18.6. The molecule has 0 fully saturated rings. The third-order valence-electron chi connectivity index (χ3n) is 14.0. The zero-order chi connectivity index (χ0) is 44.0. The van der Waals surface area contributed by atoms with Crippen molar-refractivity contribution in [3.8, 4) is 27.9 Å². The average molecular weight is 869 g/mol. The molecule has 0 aliphatic rings. The van der Waals surface area contributed by atoms with Gasteiger partial charge in [-0.05, 0) is 109 Å². The van der Waals surface area contributed by atoms with Gasteiger partial charge in [-0.3, -0.25) is 0 Å². The van der Waals surface area contributed by atoms with Gasteiger partial charge in [0, 0.05) is 47.6 Å². The van der Waals surface area contributed by atoms with Crippen molar-refractivity contribution >= 4 is 113 Å². The summed E-state index contributed by atoms with van der Waals surface area (Å²) in [6.45, 7) is 0. The van der Waals surface area contributed by atoms with Crippen molar-refractivity contribution in [1.82, 2.24) is 4.57 Å². The molecule has 2 nitrogen and oxygen atoms in total. The summed E-state index contributed by atoms with van der Waals surface area (Å²) < 4.78 is 5.03. The van der Waals surface area contributed by atoms with Crippen LogP contribution in [-0.2, 0) is 0 Å². The first-order valence-electron chi connectivity index (χ1n) is 23.0. The van der Waals surface area contributed by atoms with Crippen LogP contribution in [-0.4, -0.2) is 4.57 Å². The van der Waals surface area contributed by atoms with Gasteiger partial charge in [-0.2, -0.15) is 0 Å². The molecule has 0 amide bonds. The summed E-state index contributed by atoms with van der Waals surface area (Å²) in [6, 6.07) is 89.6. The van der Waals surface area contributed by atoms with E-state index in [-0.39, 0.29) is 0 Å². The standard InChI is InChI=1S/C64H40N2S/c1-4-21-46-41(16-1)19-13-28-47(46)43-34-36-45(37-35-43)65(58-31-15-32-59-62(58)53-26-9-11-29-57(53)66(59)56-30-14-20-42-17-2-6-23-49(42)56)60-39-38-52(64-63(60)54-27-10-12-33-61(54)67-64)55-40-44-18-3-5-22-48(44)50-24-7-8-25-51(50)55/h1-40H. The minimum atomic E-state index is 1.10. The second kappa shape index (κ2) is 15.0. The van der Waals surface area contributed by atoms with Crippen LogP contribution in [0.5, 0.6) is 0 Å². The normalized spacial score (nSPS) is 11.9. The highest BCUT2D eigenvalue weighted by Crippen LogP contribution is 2.52. The molecule has 2 aromatic heterocycles. The molecule has 0 saturated heterocycles. The summed E-state index contributed by atoms with van der Waals surface area (Å²) in [5, 5.41) is 14.9. The Labute approximate surface area is 391 Å². The van der Waals surface area contributed by atoms with Crippen LogP contribution in [0.25, 0.3) is 113 Å². The number of hydrogen-bond donors (Lipinski definition) is 0. The van der Waals surface area contributed by atoms with Crippen LogP contribution in [0.2, 0.25) is 0 Å². The molecule has 12 aromatic carbocycles. The molecule has 0 N–H and O–H groups in total. The summed E-state index contributed by atoms with van der Waals surface area (Å²) in [6.07, 6.45) is 0. The number of hydrogen-bond acceptors (Lipinski definition) is 2. The molecule has 0 aliphatic heterocycles. The number of fused-ring (bicyclic) bond motifs is 11. The van der Waals surface area contributed by atoms with Crippen LogP contribution >= 0.6 is 11.3 Å². The van der Waals surface area contributed by atoms with E-state index in [0.717, 1.165) is 22.6 Å². The lowest BCUT2D eigenvalue weighted by atomic mass is 9.92. The second-order valence-electron chi connectivity index (χ2n) is 17.6. The lowest BCUT2D eigenvalue weighted by molar-refractivity contribution is 1.20. The SMILES string of the molecule is c1ccc2c(-c3ccc(N(c4ccc(-c5cc6ccccc6c6ccccc56)c5sc6ccccc6c45)c4cccc5c4c4ccccc4n5-c4cccc5ccccc45)cc3)cccc2c1. The Balaban J connectivity index is 1.07. The van der Waals surface area contributed by atoms with Crippen LogP contribution in [0, 0.1) is 0 Å². The van der Waals surface area contributed by atoms with Crippen molar-refractivity contribution in [3.05, 3.63) is 243 Å². The van der Waals surface area contributed by atoms with E-state index < -0.39 is 0 Å². The first kappa shape index (κ1) is 37.8. The number of benzene rings is 12. The number of thiophene rings is 1. The molecule has 0 atom stereocenters. The highest BCUT2D eigenvalue weighted by molar-refractivity contribution is 7.26. The van der Waals surface area contributed by atoms with Crippen LogP contribution in [0.15, 0.2) is 243 Å². The van der Waals surface area contributed by atoms with E-state index in [1.807, 2.05) is 11.3 Å². The molecule has 14 rings (SSSR count). The molecule has 0 radical (unpaired) electrons. The summed E-state index contributed by atoms with van der Waals surface area (Å²) >= 11 is 1.90. The molecule has 0 unspecified atom stereocenters. The summed E-state index contributed by atoms with van der Waals surface area (Å²) in [5.74, 6) is 0. The van der Waals surface area contributed by atoms with Gasteiger partial charge in [0.25, 0.3) is 0 Å². The molecule has 0 bridgehead atoms. The molecule has 0 aliphatic carbocycles. The summed E-state index contributed by atoms with van der Waals surface area (Å²) in [5.41, 5.74) is 11.8. The van der Waals surface area contributed by atoms with Crippen molar-refractivity contribution in [1.29, 1.82) is 0 Å². The van der Waals surface area contributed by atoms with Gasteiger partial charge in [-0.1, -0.05) is 188 Å². The highest BCUT2D eigenvalue weighted by atomic mass is 32.1. The number of rotatable bonds is 6. The molecule has 14 aromatic rings. The maximum atomic E-state index is 2.54. The van der Waals surface area contributed by atoms with Crippen molar-refractivity contribution in [2.45, 2.75) is 0 Å². The molecule has 2 heterocycles. The van der Waals surface area contributed by atoms with E-state index in [1.165, 1.54) is 107 Å². The Morgan fingerprint density at radius 1 is 0.328 bits per heavy atom. The van der Waals surface area contributed by atoms with E-state index in [1.54, 1.807) is 0 Å². The largest absolute Gasteiger partial charge is 0.309 e. The van der Waals surface area contributed by atoms with E-state index in [4.69, 9.17) is 0 Å². The third kappa shape index (κ3) is 5.82. The van der Waals surface area contributed by atoms with Crippen molar-refractivity contribution in [2.24, 2.45) is 0 Å². The number of para-hydroxylation sites is 1. The molecule has 0 saturated carbocycles. The summed E-state index contributed by atoms with van der Waals surface area (Å²) in [4.78, 5) is 2.54. The Hall–Kier alpha value is -8.50. The first-order chi connectivity index (χ1) is 33.3. The van der Waals surface area contributed by atoms with Gasteiger partial charge >= 0.3 is 0 Å². The topological polar surface area (TPSA) is 8.17 Å². The van der Waals surface area contributed by atoms with Gasteiger partial charge in [0.15, 0.2) is 0 Å². The lowest BCUT2D eigenvalue weighted by Crippen LogP contribution is -2.11. The minimum Gasteiger partial charge on any atom is -0.309 e. The number of nitrogens with zero attached hydrogens (tertiary/aromatic N) is 2. The maximum absolute atomic E-state index is 2.54. The maximum Gasteiger partial charge on any atom is 0.0562 e. The fraction of sp³-hybridized carbons (Fsp3) is 0. The third-order valence-corrected chi connectivity index (χ3v) is 15.2. The van der Waals surface area contributed by atoms with Gasteiger partial charge < -0.3 is 9.47 Å². The Kier molecular flexibility index (Phi) is 8.49. The van der Waals surface area contributed by atoms with E-state index >= 15 is 0 Å². The fourth-order valence-corrected chi connectivity index (χ4v) is 12.3. The summed E-state index contributed by atoms with van der Waals surface area (Å²) in [7, 11) is 0. The molecular formula is C64H40N2S. The van der Waals surface area contributed by atoms with Crippen LogP contribution in [0.4, 0.5) is 17.1 Å². The smallest absolute Gasteiger partial charge is 0.0562 e. The Bertz CT molecular complexity index is 4280. The Morgan fingerprint density at radius 2 is 0.910 bits per heavy atom. The molecular weight excluding hydrogens is 829 g/mol. The van der Waals surface area contributed by atoms with Crippen molar-refractivity contribution in [3.63, 3.8) is 0 Å². The van der Waals surface area contributed by atoms with Gasteiger partial charge in [-0.15, -0.1) is 11.3 Å². The lowest BCUT2D eigenvalue weighted by Gasteiger charge is -2.28. The molecule has 3 heteroatoms. The van der Waals surface area contributed by atoms with Crippen molar-refractivity contribution < 1.29 is 0 Å². The molecule has 0 spiro atoms. The van der Waals surface area contributed by atoms with Crippen LogP contribution < -0.4 is 4.90 Å². The number of anilines is 3. The first-order valence-corrected chi connectivity index (χ1v) is 23.8. The Morgan fingerprint density at radius 3 is 1.73 bits per heavy atom. The highest BCUT2D eigenvalue weighted by Gasteiger charge is 2.26. The zero-order valence-electron chi connectivity index (χ0n) is 36.4. The van der Waals surface area contributed by atoms with Crippen molar-refractivity contribution in [2.75, 3.05) is 4.90 Å². The zero-order valence-corrected chi connectivity index (χ0v) is 37.2.